The number of ether oxygens (including phenoxy) is 1. The summed E-state index contributed by atoms with van der Waals surface area (Å²) in [6.45, 7) is 7.34. The molecule has 8 nitrogen and oxygen atoms in total. The number of carbonyl (C=O) groups is 2. The van der Waals surface area contributed by atoms with E-state index in [0.717, 1.165) is 17.8 Å². The first kappa shape index (κ1) is 20.2. The molecule has 0 aromatic carbocycles. The Labute approximate surface area is 163 Å². The number of carbonyl (C=O) groups excluding carboxylic acids is 2. The predicted octanol–water partition coefficient (Wildman–Crippen LogP) is 0.350. The second kappa shape index (κ2) is 7.46. The zero-order valence-electron chi connectivity index (χ0n) is 16.1. The minimum Gasteiger partial charge on any atom is -0.388 e. The molecule has 150 valence electrons. The number of hydrogen-bond donors (Lipinski definition) is 3. The van der Waals surface area contributed by atoms with Gasteiger partial charge in [0.25, 0.3) is 5.91 Å². The molecule has 3 rings (SSSR count). The number of nitrogens with two attached hydrogens (primary N) is 1. The molecular weight excluding hydrogens is 368 g/mol. The Balaban J connectivity index is 1.62. The molecule has 1 aromatic rings. The maximum Gasteiger partial charge on any atom is 0.263 e. The topological polar surface area (TPSA) is 118 Å². The van der Waals surface area contributed by atoms with Crippen LogP contribution in [0.2, 0.25) is 0 Å². The van der Waals surface area contributed by atoms with Crippen LogP contribution in [0.1, 0.15) is 46.6 Å². The molecule has 2 fully saturated rings. The number of hydrogen-bond acceptors (Lipinski definition) is 7. The van der Waals surface area contributed by atoms with Crippen LogP contribution in [-0.2, 0) is 9.53 Å². The molecule has 0 unspecified atom stereocenters. The SMILES string of the molecule is Cc1nc(C)c(C(=O)N[C@H]2COC3(CCN(CC(N)=O)CC3)C[C@]2(C)O)s1. The Bertz CT molecular complexity index is 725. The van der Waals surface area contributed by atoms with Gasteiger partial charge in [0.1, 0.15) is 4.88 Å². The lowest BCUT2D eigenvalue weighted by Gasteiger charge is -2.51. The van der Waals surface area contributed by atoms with Crippen molar-refractivity contribution in [1.29, 1.82) is 0 Å². The van der Waals surface area contributed by atoms with E-state index in [2.05, 4.69) is 10.3 Å². The molecule has 0 bridgehead atoms. The van der Waals surface area contributed by atoms with Crippen LogP contribution in [0.5, 0.6) is 0 Å². The van der Waals surface area contributed by atoms with Gasteiger partial charge < -0.3 is 20.9 Å². The van der Waals surface area contributed by atoms with Crippen molar-refractivity contribution in [3.63, 3.8) is 0 Å². The van der Waals surface area contributed by atoms with E-state index in [1.165, 1.54) is 11.3 Å². The summed E-state index contributed by atoms with van der Waals surface area (Å²) in [6.07, 6.45) is 1.89. The molecule has 0 radical (unpaired) electrons. The third kappa shape index (κ3) is 4.48. The number of rotatable bonds is 4. The van der Waals surface area contributed by atoms with Crippen LogP contribution in [0.3, 0.4) is 0 Å². The van der Waals surface area contributed by atoms with Gasteiger partial charge in [-0.2, -0.15) is 0 Å². The van der Waals surface area contributed by atoms with E-state index in [4.69, 9.17) is 10.5 Å². The van der Waals surface area contributed by atoms with E-state index in [9.17, 15) is 14.7 Å². The largest absolute Gasteiger partial charge is 0.388 e. The highest BCUT2D eigenvalue weighted by molar-refractivity contribution is 7.13. The fraction of sp³-hybridized carbons (Fsp3) is 0.722. The molecule has 9 heteroatoms. The van der Waals surface area contributed by atoms with Gasteiger partial charge in [-0.3, -0.25) is 14.5 Å². The van der Waals surface area contributed by atoms with Crippen LogP contribution >= 0.6 is 11.3 Å². The molecule has 2 aliphatic rings. The smallest absolute Gasteiger partial charge is 0.263 e. The second-order valence-corrected chi connectivity index (χ2v) is 9.15. The van der Waals surface area contributed by atoms with Crippen LogP contribution in [-0.4, -0.2) is 70.3 Å². The van der Waals surface area contributed by atoms with E-state index >= 15 is 0 Å². The lowest BCUT2D eigenvalue weighted by Crippen LogP contribution is -2.64. The number of nitrogens with one attached hydrogen (secondary N) is 1. The number of nitrogens with zero attached hydrogens (tertiary/aromatic N) is 2. The van der Waals surface area contributed by atoms with Crippen molar-refractivity contribution in [2.45, 2.75) is 57.3 Å². The Morgan fingerprint density at radius 2 is 2.07 bits per heavy atom. The summed E-state index contributed by atoms with van der Waals surface area (Å²) in [5.74, 6) is -0.557. The average molecular weight is 397 g/mol. The summed E-state index contributed by atoms with van der Waals surface area (Å²) in [5.41, 5.74) is 4.47. The average Bonchev–Trinajstić information content (AvgIpc) is 2.90. The van der Waals surface area contributed by atoms with Crippen LogP contribution in [0, 0.1) is 13.8 Å². The Morgan fingerprint density at radius 1 is 1.41 bits per heavy atom. The fourth-order valence-electron chi connectivity index (χ4n) is 4.09. The van der Waals surface area contributed by atoms with Gasteiger partial charge in [0.15, 0.2) is 0 Å². The number of thiazole rings is 1. The zero-order valence-corrected chi connectivity index (χ0v) is 16.9. The van der Waals surface area contributed by atoms with Gasteiger partial charge in [0, 0.05) is 19.5 Å². The minimum atomic E-state index is -1.08. The van der Waals surface area contributed by atoms with Gasteiger partial charge >= 0.3 is 0 Å². The third-order valence-electron chi connectivity index (χ3n) is 5.55. The first-order chi connectivity index (χ1) is 12.6. The van der Waals surface area contributed by atoms with Crippen molar-refractivity contribution < 1.29 is 19.4 Å². The van der Waals surface area contributed by atoms with E-state index < -0.39 is 17.2 Å². The fourth-order valence-corrected chi connectivity index (χ4v) is 4.91. The Hall–Kier alpha value is -1.55. The van der Waals surface area contributed by atoms with Crippen molar-refractivity contribution in [3.05, 3.63) is 15.6 Å². The molecule has 2 saturated heterocycles. The molecular formula is C18H28N4O4S. The Kier molecular flexibility index (Phi) is 5.58. The van der Waals surface area contributed by atoms with Crippen molar-refractivity contribution >= 4 is 23.2 Å². The summed E-state index contributed by atoms with van der Waals surface area (Å²) in [7, 11) is 0. The van der Waals surface area contributed by atoms with Crippen molar-refractivity contribution in [2.75, 3.05) is 26.2 Å². The van der Waals surface area contributed by atoms with E-state index in [1.807, 2.05) is 18.7 Å². The number of aryl methyl sites for hydroxylation is 2. The van der Waals surface area contributed by atoms with Crippen LogP contribution < -0.4 is 11.1 Å². The molecule has 3 heterocycles. The second-order valence-electron chi connectivity index (χ2n) is 7.94. The highest BCUT2D eigenvalue weighted by Crippen LogP contribution is 2.39. The Morgan fingerprint density at radius 3 is 2.59 bits per heavy atom. The number of likely N-dealkylation sites (tertiary alicyclic amines) is 1. The highest BCUT2D eigenvalue weighted by atomic mass is 32.1. The standard InChI is InChI=1S/C18H28N4O4S/c1-11-15(27-12(2)20-11)16(24)21-13-9-26-18(10-17(13,3)25)4-6-22(7-5-18)8-14(19)23/h13,25H,4-10H2,1-3H3,(H2,19,23)(H,21,24)/t13-,17-/m0/s1. The maximum absolute atomic E-state index is 12.6. The van der Waals surface area contributed by atoms with Crippen LogP contribution in [0.15, 0.2) is 0 Å². The van der Waals surface area contributed by atoms with Crippen molar-refractivity contribution in [2.24, 2.45) is 5.73 Å². The van der Waals surface area contributed by atoms with Gasteiger partial charge in [-0.1, -0.05) is 0 Å². The summed E-state index contributed by atoms with van der Waals surface area (Å²) in [6, 6.07) is -0.485. The summed E-state index contributed by atoms with van der Waals surface area (Å²) >= 11 is 1.35. The number of aromatic nitrogens is 1. The third-order valence-corrected chi connectivity index (χ3v) is 6.62. The number of amides is 2. The van der Waals surface area contributed by atoms with Crippen molar-refractivity contribution in [1.82, 2.24) is 15.2 Å². The summed E-state index contributed by atoms with van der Waals surface area (Å²) < 4.78 is 6.15. The molecule has 27 heavy (non-hydrogen) atoms. The van der Waals surface area contributed by atoms with Gasteiger partial charge in [-0.15, -0.1) is 11.3 Å². The lowest BCUT2D eigenvalue weighted by atomic mass is 9.75. The molecule has 2 aliphatic heterocycles. The van der Waals surface area contributed by atoms with Gasteiger partial charge in [0.2, 0.25) is 5.91 Å². The van der Waals surface area contributed by atoms with Gasteiger partial charge in [-0.25, -0.2) is 4.98 Å². The summed E-state index contributed by atoms with van der Waals surface area (Å²) in [5, 5.41) is 14.8. The van der Waals surface area contributed by atoms with Gasteiger partial charge in [0.05, 0.1) is 41.1 Å². The molecule has 1 aromatic heterocycles. The highest BCUT2D eigenvalue weighted by Gasteiger charge is 2.49. The van der Waals surface area contributed by atoms with Crippen molar-refractivity contribution in [3.8, 4) is 0 Å². The van der Waals surface area contributed by atoms with Gasteiger partial charge in [-0.05, 0) is 33.6 Å². The minimum absolute atomic E-state index is 0.223. The van der Waals surface area contributed by atoms with Crippen LogP contribution in [0.4, 0.5) is 0 Å². The molecule has 2 amide bonds. The summed E-state index contributed by atoms with van der Waals surface area (Å²) in [4.78, 5) is 30.5. The molecule has 4 N–H and O–H groups in total. The number of primary amides is 1. The number of aliphatic hydroxyl groups is 1. The monoisotopic (exact) mass is 396 g/mol. The molecule has 2 atom stereocenters. The first-order valence-corrected chi connectivity index (χ1v) is 10.0. The number of piperidine rings is 1. The van der Waals surface area contributed by atoms with E-state index in [0.29, 0.717) is 30.1 Å². The van der Waals surface area contributed by atoms with Crippen LogP contribution in [0.25, 0.3) is 0 Å². The normalized spacial score (nSPS) is 28.2. The first-order valence-electron chi connectivity index (χ1n) is 9.22. The zero-order chi connectivity index (χ0) is 19.8. The predicted molar refractivity (Wildman–Crippen MR) is 102 cm³/mol. The quantitative estimate of drug-likeness (QED) is 0.676. The van der Waals surface area contributed by atoms with E-state index in [-0.39, 0.29) is 25.0 Å². The maximum atomic E-state index is 12.6. The molecule has 0 aliphatic carbocycles. The molecule has 1 spiro atoms. The molecule has 0 saturated carbocycles. The van der Waals surface area contributed by atoms with E-state index in [1.54, 1.807) is 6.92 Å². The lowest BCUT2D eigenvalue weighted by molar-refractivity contribution is -0.186.